The molecule has 0 aliphatic rings. The van der Waals surface area contributed by atoms with Crippen molar-refractivity contribution >= 4 is 27.3 Å². The summed E-state index contributed by atoms with van der Waals surface area (Å²) >= 11 is 0. The predicted molar refractivity (Wildman–Crippen MR) is 123 cm³/mol. The van der Waals surface area contributed by atoms with Gasteiger partial charge in [-0.25, -0.2) is 8.42 Å². The van der Waals surface area contributed by atoms with Gasteiger partial charge in [-0.1, -0.05) is 24.3 Å². The zero-order valence-electron chi connectivity index (χ0n) is 17.4. The molecule has 3 rings (SSSR count). The minimum atomic E-state index is -3.74. The first-order valence-electron chi connectivity index (χ1n) is 9.61. The molecule has 0 heterocycles. The number of allylic oxidation sites excluding steroid dienone is 1. The van der Waals surface area contributed by atoms with Crippen LogP contribution in [0.25, 0.3) is 0 Å². The maximum atomic E-state index is 12.6. The zero-order valence-corrected chi connectivity index (χ0v) is 18.2. The highest BCUT2D eigenvalue weighted by atomic mass is 32.2. The van der Waals surface area contributed by atoms with E-state index in [4.69, 9.17) is 4.74 Å². The topological polar surface area (TPSA) is 84.5 Å². The van der Waals surface area contributed by atoms with Crippen molar-refractivity contribution in [1.29, 1.82) is 0 Å². The van der Waals surface area contributed by atoms with Crippen LogP contribution in [0.5, 0.6) is 5.75 Å². The van der Waals surface area contributed by atoms with Crippen LogP contribution in [0.1, 0.15) is 21.5 Å². The van der Waals surface area contributed by atoms with Gasteiger partial charge in [-0.3, -0.25) is 9.52 Å². The molecule has 31 heavy (non-hydrogen) atoms. The number of hydrogen-bond acceptors (Lipinski definition) is 4. The number of methoxy groups -OCH3 is 1. The van der Waals surface area contributed by atoms with E-state index in [1.54, 1.807) is 55.7 Å². The minimum Gasteiger partial charge on any atom is -0.496 e. The number of rotatable bonds is 8. The minimum absolute atomic E-state index is 0.103. The van der Waals surface area contributed by atoms with Crippen molar-refractivity contribution in [3.63, 3.8) is 0 Å². The number of nitrogens with one attached hydrogen (secondary N) is 2. The highest BCUT2D eigenvalue weighted by Crippen LogP contribution is 2.23. The average molecular weight is 437 g/mol. The van der Waals surface area contributed by atoms with Gasteiger partial charge in [0.1, 0.15) is 5.75 Å². The molecule has 0 unspecified atom stereocenters. The van der Waals surface area contributed by atoms with E-state index in [2.05, 4.69) is 16.6 Å². The second-order valence-corrected chi connectivity index (χ2v) is 8.60. The highest BCUT2D eigenvalue weighted by Gasteiger charge is 2.16. The molecule has 3 aromatic carbocycles. The molecule has 0 radical (unpaired) electrons. The Morgan fingerprint density at radius 2 is 1.77 bits per heavy atom. The van der Waals surface area contributed by atoms with E-state index in [1.165, 1.54) is 12.1 Å². The fraction of sp³-hybridized carbons (Fsp3) is 0.125. The standard InChI is InChI=1S/C24H24N2O4S/c1-4-7-18-16-19(10-15-23(18)30-3)24(27)25-20-11-13-21(14-12-20)31(28,29)26-22-9-6-5-8-17(22)2/h4-6,8-16,26H,1,7H2,2-3H3,(H,25,27). The summed E-state index contributed by atoms with van der Waals surface area (Å²) in [6, 6.07) is 18.3. The van der Waals surface area contributed by atoms with E-state index in [9.17, 15) is 13.2 Å². The summed E-state index contributed by atoms with van der Waals surface area (Å²) in [5.74, 6) is 0.383. The van der Waals surface area contributed by atoms with Crippen LogP contribution in [-0.2, 0) is 16.4 Å². The van der Waals surface area contributed by atoms with Crippen molar-refractivity contribution in [2.24, 2.45) is 0 Å². The van der Waals surface area contributed by atoms with Crippen molar-refractivity contribution in [3.05, 3.63) is 96.1 Å². The Hall–Kier alpha value is -3.58. The third kappa shape index (κ3) is 5.32. The first-order chi connectivity index (χ1) is 14.8. The molecule has 0 spiro atoms. The first kappa shape index (κ1) is 22.1. The number of benzene rings is 3. The van der Waals surface area contributed by atoms with Gasteiger partial charge in [0, 0.05) is 11.3 Å². The maximum absolute atomic E-state index is 12.6. The second-order valence-electron chi connectivity index (χ2n) is 6.92. The molecule has 0 bridgehead atoms. The summed E-state index contributed by atoms with van der Waals surface area (Å²) < 4.78 is 33.2. The lowest BCUT2D eigenvalue weighted by molar-refractivity contribution is 0.102. The quantitative estimate of drug-likeness (QED) is 0.498. The van der Waals surface area contributed by atoms with Crippen LogP contribution in [0.15, 0.2) is 84.3 Å². The van der Waals surface area contributed by atoms with Crippen LogP contribution < -0.4 is 14.8 Å². The number of ether oxygens (including phenoxy) is 1. The molecule has 160 valence electrons. The predicted octanol–water partition coefficient (Wildman–Crippen LogP) is 4.79. The number of hydrogen-bond donors (Lipinski definition) is 2. The average Bonchev–Trinajstić information content (AvgIpc) is 2.76. The Morgan fingerprint density at radius 1 is 1.06 bits per heavy atom. The molecule has 0 aliphatic heterocycles. The summed E-state index contributed by atoms with van der Waals surface area (Å²) in [5, 5.41) is 2.78. The van der Waals surface area contributed by atoms with Gasteiger partial charge in [0.15, 0.2) is 0 Å². The van der Waals surface area contributed by atoms with Crippen LogP contribution in [0.4, 0.5) is 11.4 Å². The van der Waals surface area contributed by atoms with E-state index in [1.807, 2.05) is 19.1 Å². The van der Waals surface area contributed by atoms with Crippen LogP contribution in [0.3, 0.4) is 0 Å². The molecule has 6 nitrogen and oxygen atoms in total. The molecule has 3 aromatic rings. The molecule has 0 fully saturated rings. The van der Waals surface area contributed by atoms with E-state index in [-0.39, 0.29) is 10.8 Å². The fourth-order valence-corrected chi connectivity index (χ4v) is 4.18. The van der Waals surface area contributed by atoms with Gasteiger partial charge in [-0.15, -0.1) is 6.58 Å². The molecular formula is C24H24N2O4S. The fourth-order valence-electron chi connectivity index (χ4n) is 3.05. The van der Waals surface area contributed by atoms with Gasteiger partial charge in [-0.05, 0) is 73.0 Å². The van der Waals surface area contributed by atoms with Gasteiger partial charge >= 0.3 is 0 Å². The van der Waals surface area contributed by atoms with E-state index in [0.717, 1.165) is 11.1 Å². The van der Waals surface area contributed by atoms with Crippen LogP contribution in [-0.4, -0.2) is 21.4 Å². The number of carbonyl (C=O) groups is 1. The Bertz CT molecular complexity index is 1200. The Labute approximate surface area is 182 Å². The lowest BCUT2D eigenvalue weighted by atomic mass is 10.1. The number of anilines is 2. The van der Waals surface area contributed by atoms with E-state index < -0.39 is 10.0 Å². The molecule has 7 heteroatoms. The van der Waals surface area contributed by atoms with Gasteiger partial charge in [-0.2, -0.15) is 0 Å². The zero-order chi connectivity index (χ0) is 22.4. The number of sulfonamides is 1. The Balaban J connectivity index is 1.74. The normalized spacial score (nSPS) is 10.9. The molecule has 1 amide bonds. The van der Waals surface area contributed by atoms with Crippen molar-refractivity contribution in [2.45, 2.75) is 18.2 Å². The number of carbonyl (C=O) groups excluding carboxylic acids is 1. The van der Waals surface area contributed by atoms with Gasteiger partial charge in [0.2, 0.25) is 0 Å². The molecule has 0 aromatic heterocycles. The second kappa shape index (κ2) is 9.49. The summed E-state index contributed by atoms with van der Waals surface area (Å²) in [6.07, 6.45) is 2.31. The van der Waals surface area contributed by atoms with Crippen molar-refractivity contribution < 1.29 is 17.9 Å². The van der Waals surface area contributed by atoms with Crippen LogP contribution in [0.2, 0.25) is 0 Å². The van der Waals surface area contributed by atoms with E-state index in [0.29, 0.717) is 29.1 Å². The van der Waals surface area contributed by atoms with Gasteiger partial charge in [0.25, 0.3) is 15.9 Å². The van der Waals surface area contributed by atoms with E-state index >= 15 is 0 Å². The van der Waals surface area contributed by atoms with Crippen molar-refractivity contribution in [1.82, 2.24) is 0 Å². The Kier molecular flexibility index (Phi) is 6.77. The molecule has 0 aliphatic carbocycles. The molecule has 0 atom stereocenters. The summed E-state index contributed by atoms with van der Waals surface area (Å²) in [5.41, 5.74) is 3.16. The SMILES string of the molecule is C=CCc1cc(C(=O)Nc2ccc(S(=O)(=O)Nc3ccccc3C)cc2)ccc1OC. The summed E-state index contributed by atoms with van der Waals surface area (Å²) in [4.78, 5) is 12.7. The van der Waals surface area contributed by atoms with Crippen molar-refractivity contribution in [2.75, 3.05) is 17.1 Å². The molecular weight excluding hydrogens is 412 g/mol. The molecule has 2 N–H and O–H groups in total. The first-order valence-corrected chi connectivity index (χ1v) is 11.1. The molecule has 0 saturated carbocycles. The van der Waals surface area contributed by atoms with Gasteiger partial charge in [0.05, 0.1) is 17.7 Å². The number of para-hydroxylation sites is 1. The van der Waals surface area contributed by atoms with Crippen LogP contribution >= 0.6 is 0 Å². The monoisotopic (exact) mass is 436 g/mol. The largest absolute Gasteiger partial charge is 0.496 e. The van der Waals surface area contributed by atoms with Gasteiger partial charge < -0.3 is 10.1 Å². The lowest BCUT2D eigenvalue weighted by Gasteiger charge is -2.12. The lowest BCUT2D eigenvalue weighted by Crippen LogP contribution is -2.15. The smallest absolute Gasteiger partial charge is 0.261 e. The summed E-state index contributed by atoms with van der Waals surface area (Å²) in [7, 11) is -2.16. The molecule has 0 saturated heterocycles. The Morgan fingerprint density at radius 3 is 2.42 bits per heavy atom. The maximum Gasteiger partial charge on any atom is 0.261 e. The number of amides is 1. The highest BCUT2D eigenvalue weighted by molar-refractivity contribution is 7.92. The third-order valence-corrected chi connectivity index (χ3v) is 6.10. The van der Waals surface area contributed by atoms with Crippen LogP contribution in [0, 0.1) is 6.92 Å². The van der Waals surface area contributed by atoms with Crippen molar-refractivity contribution in [3.8, 4) is 5.75 Å². The summed E-state index contributed by atoms with van der Waals surface area (Å²) in [6.45, 7) is 5.55. The third-order valence-electron chi connectivity index (χ3n) is 4.72. The number of aryl methyl sites for hydroxylation is 1.